The largest absolute Gasteiger partial charge is 0.338 e. The van der Waals surface area contributed by atoms with Crippen molar-refractivity contribution in [3.63, 3.8) is 0 Å². The molecule has 0 unspecified atom stereocenters. The summed E-state index contributed by atoms with van der Waals surface area (Å²) in [4.78, 5) is 39.4. The highest BCUT2D eigenvalue weighted by Crippen LogP contribution is 2.43. The Bertz CT molecular complexity index is 1600. The number of hydrogen-bond acceptors (Lipinski definition) is 5. The summed E-state index contributed by atoms with van der Waals surface area (Å²) in [5.41, 5.74) is 3.89. The van der Waals surface area contributed by atoms with Gasteiger partial charge in [0.15, 0.2) is 0 Å². The lowest BCUT2D eigenvalue weighted by Gasteiger charge is -2.12. The van der Waals surface area contributed by atoms with Crippen LogP contribution in [0.5, 0.6) is 0 Å². The Balaban J connectivity index is 1.35. The van der Waals surface area contributed by atoms with Gasteiger partial charge in [-0.05, 0) is 61.6 Å². The molecule has 0 fully saturated rings. The number of imidazole rings is 1. The van der Waals surface area contributed by atoms with E-state index in [0.717, 1.165) is 59.2 Å². The number of aromatic amines is 1. The van der Waals surface area contributed by atoms with Crippen molar-refractivity contribution in [1.29, 1.82) is 0 Å². The molecule has 6 rings (SSSR count). The van der Waals surface area contributed by atoms with E-state index in [0.29, 0.717) is 5.52 Å². The number of aromatic nitrogens is 4. The number of carbonyl (C=O) groups excluding carboxylic acids is 1. The van der Waals surface area contributed by atoms with Crippen LogP contribution < -0.4 is 10.9 Å². The first kappa shape index (κ1) is 20.7. The molecule has 0 atom stereocenters. The lowest BCUT2D eigenvalue weighted by molar-refractivity contribution is -0.116. The number of hydrogen-bond donors (Lipinski definition) is 2. The zero-order chi connectivity index (χ0) is 23.2. The van der Waals surface area contributed by atoms with Gasteiger partial charge >= 0.3 is 0 Å². The third-order valence-electron chi connectivity index (χ3n) is 6.15. The molecule has 3 heterocycles. The maximum absolute atomic E-state index is 13.6. The normalized spacial score (nSPS) is 13.3. The van der Waals surface area contributed by atoms with Gasteiger partial charge in [0.25, 0.3) is 5.56 Å². The third-order valence-corrected chi connectivity index (χ3v) is 7.36. The van der Waals surface area contributed by atoms with E-state index < -0.39 is 11.4 Å². The van der Waals surface area contributed by atoms with Crippen molar-refractivity contribution in [2.24, 2.45) is 0 Å². The van der Waals surface area contributed by atoms with Crippen molar-refractivity contribution in [3.05, 3.63) is 75.4 Å². The standard InChI is InChI=1S/C25H20FN5O2S/c26-14-9-10-17-16(11-14)25(33)31(13-27-17)12-21(32)30-24-22(15-5-1-4-8-20(15)34-24)23-28-18-6-2-3-7-19(18)29-23/h2-3,6-7,9-11,13H,1,4-5,8,12H2,(H,28,29)(H,30,32). The van der Waals surface area contributed by atoms with Crippen LogP contribution in [0, 0.1) is 5.82 Å². The summed E-state index contributed by atoms with van der Waals surface area (Å²) >= 11 is 1.57. The Labute approximate surface area is 197 Å². The molecule has 0 saturated carbocycles. The number of fused-ring (bicyclic) bond motifs is 3. The average Bonchev–Trinajstić information content (AvgIpc) is 3.41. The van der Waals surface area contributed by atoms with Gasteiger partial charge in [0, 0.05) is 4.88 Å². The van der Waals surface area contributed by atoms with Crippen LogP contribution in [0.25, 0.3) is 33.3 Å². The number of nitrogens with zero attached hydrogens (tertiary/aromatic N) is 3. The van der Waals surface area contributed by atoms with Crippen LogP contribution >= 0.6 is 11.3 Å². The van der Waals surface area contributed by atoms with Gasteiger partial charge in [-0.1, -0.05) is 12.1 Å². The predicted octanol–water partition coefficient (Wildman–Crippen LogP) is 4.66. The Morgan fingerprint density at radius 3 is 2.88 bits per heavy atom. The molecule has 1 amide bonds. The second-order valence-corrected chi connectivity index (χ2v) is 9.51. The number of thiophene rings is 1. The molecule has 1 aliphatic carbocycles. The summed E-state index contributed by atoms with van der Waals surface area (Å²) in [6.07, 6.45) is 5.45. The van der Waals surface area contributed by atoms with E-state index in [4.69, 9.17) is 4.98 Å². The summed E-state index contributed by atoms with van der Waals surface area (Å²) in [6.45, 7) is -0.222. The fourth-order valence-corrected chi connectivity index (χ4v) is 5.85. The summed E-state index contributed by atoms with van der Waals surface area (Å²) in [5.74, 6) is -0.139. The van der Waals surface area contributed by atoms with Gasteiger partial charge in [0.05, 0.1) is 33.8 Å². The molecule has 0 spiro atoms. The Hall–Kier alpha value is -3.85. The molecule has 0 bridgehead atoms. The molecule has 0 aliphatic heterocycles. The number of rotatable bonds is 4. The summed E-state index contributed by atoms with van der Waals surface area (Å²) < 4.78 is 14.8. The average molecular weight is 474 g/mol. The minimum Gasteiger partial charge on any atom is -0.338 e. The van der Waals surface area contributed by atoms with Gasteiger partial charge in [-0.15, -0.1) is 11.3 Å². The zero-order valence-electron chi connectivity index (χ0n) is 18.1. The Morgan fingerprint density at radius 1 is 1.15 bits per heavy atom. The van der Waals surface area contributed by atoms with Gasteiger partial charge in [0.2, 0.25) is 5.91 Å². The molecule has 5 aromatic rings. The number of H-pyrrole nitrogens is 1. The van der Waals surface area contributed by atoms with E-state index in [1.807, 2.05) is 24.3 Å². The number of amides is 1. The van der Waals surface area contributed by atoms with E-state index in [1.54, 1.807) is 11.3 Å². The number of aryl methyl sites for hydroxylation is 1. The number of anilines is 1. The first-order valence-electron chi connectivity index (χ1n) is 11.1. The number of nitrogens with one attached hydrogen (secondary N) is 2. The number of carbonyl (C=O) groups is 1. The number of benzene rings is 2. The molecule has 0 saturated heterocycles. The highest BCUT2D eigenvalue weighted by molar-refractivity contribution is 7.17. The van der Waals surface area contributed by atoms with Crippen LogP contribution in [0.2, 0.25) is 0 Å². The monoisotopic (exact) mass is 473 g/mol. The van der Waals surface area contributed by atoms with E-state index in [1.165, 1.54) is 33.5 Å². The van der Waals surface area contributed by atoms with Crippen LogP contribution in [0.4, 0.5) is 9.39 Å². The molecule has 0 radical (unpaired) electrons. The second kappa shape index (κ2) is 8.18. The Kier molecular flexibility index (Phi) is 4.99. The van der Waals surface area contributed by atoms with Crippen molar-refractivity contribution in [2.45, 2.75) is 32.2 Å². The van der Waals surface area contributed by atoms with Crippen LogP contribution in [0.1, 0.15) is 23.3 Å². The maximum Gasteiger partial charge on any atom is 0.261 e. The highest BCUT2D eigenvalue weighted by Gasteiger charge is 2.25. The lowest BCUT2D eigenvalue weighted by atomic mass is 9.95. The zero-order valence-corrected chi connectivity index (χ0v) is 18.9. The van der Waals surface area contributed by atoms with Crippen LogP contribution in [-0.4, -0.2) is 25.4 Å². The molecule has 3 aromatic heterocycles. The minimum atomic E-state index is -0.520. The lowest BCUT2D eigenvalue weighted by Crippen LogP contribution is -2.27. The molecule has 1 aliphatic rings. The maximum atomic E-state index is 13.6. The molecule has 2 aromatic carbocycles. The van der Waals surface area contributed by atoms with Gasteiger partial charge in [-0.25, -0.2) is 14.4 Å². The van der Waals surface area contributed by atoms with Gasteiger partial charge in [-0.2, -0.15) is 0 Å². The number of para-hydroxylation sites is 2. The Morgan fingerprint density at radius 2 is 2.00 bits per heavy atom. The molecular formula is C25H20FN5O2S. The summed E-state index contributed by atoms with van der Waals surface area (Å²) in [5, 5.41) is 3.87. The predicted molar refractivity (Wildman–Crippen MR) is 131 cm³/mol. The molecule has 170 valence electrons. The smallest absolute Gasteiger partial charge is 0.261 e. The molecule has 9 heteroatoms. The minimum absolute atomic E-state index is 0.143. The number of halogens is 1. The first-order valence-corrected chi connectivity index (χ1v) is 11.9. The fraction of sp³-hybridized carbons (Fsp3) is 0.200. The van der Waals surface area contributed by atoms with Gasteiger partial charge in [0.1, 0.15) is 23.2 Å². The topological polar surface area (TPSA) is 92.7 Å². The van der Waals surface area contributed by atoms with E-state index in [-0.39, 0.29) is 17.8 Å². The third kappa shape index (κ3) is 3.58. The quantitative estimate of drug-likeness (QED) is 0.397. The first-order chi connectivity index (χ1) is 16.6. The van der Waals surface area contributed by atoms with Crippen LogP contribution in [0.3, 0.4) is 0 Å². The second-order valence-electron chi connectivity index (χ2n) is 8.40. The van der Waals surface area contributed by atoms with Crippen molar-refractivity contribution in [2.75, 3.05) is 5.32 Å². The molecule has 34 heavy (non-hydrogen) atoms. The summed E-state index contributed by atoms with van der Waals surface area (Å²) in [7, 11) is 0. The molecule has 2 N–H and O–H groups in total. The molecular weight excluding hydrogens is 453 g/mol. The summed E-state index contributed by atoms with van der Waals surface area (Å²) in [6, 6.07) is 11.7. The van der Waals surface area contributed by atoms with E-state index in [2.05, 4.69) is 15.3 Å². The van der Waals surface area contributed by atoms with Gasteiger partial charge in [-0.3, -0.25) is 14.2 Å². The SMILES string of the molecule is O=C(Cn1cnc2ccc(F)cc2c1=O)Nc1sc2c(c1-c1nc3ccccc3[nH]1)CCCC2. The van der Waals surface area contributed by atoms with Crippen molar-refractivity contribution >= 4 is 44.2 Å². The highest BCUT2D eigenvalue weighted by atomic mass is 32.1. The van der Waals surface area contributed by atoms with E-state index >= 15 is 0 Å². The van der Waals surface area contributed by atoms with Gasteiger partial charge < -0.3 is 10.3 Å². The van der Waals surface area contributed by atoms with E-state index in [9.17, 15) is 14.0 Å². The fourth-order valence-electron chi connectivity index (χ4n) is 4.54. The van der Waals surface area contributed by atoms with Crippen molar-refractivity contribution < 1.29 is 9.18 Å². The van der Waals surface area contributed by atoms with Crippen molar-refractivity contribution in [3.8, 4) is 11.4 Å². The van der Waals surface area contributed by atoms with Crippen molar-refractivity contribution in [1.82, 2.24) is 19.5 Å². The van der Waals surface area contributed by atoms with Crippen LogP contribution in [0.15, 0.2) is 53.6 Å². The molecule has 7 nitrogen and oxygen atoms in total. The van der Waals surface area contributed by atoms with Crippen LogP contribution in [-0.2, 0) is 24.2 Å².